The molecule has 2 heterocycles. The first-order valence-corrected chi connectivity index (χ1v) is 8.89. The van der Waals surface area contributed by atoms with Gasteiger partial charge in [-0.05, 0) is 51.8 Å². The lowest BCUT2D eigenvalue weighted by Crippen LogP contribution is -2.43. The van der Waals surface area contributed by atoms with Gasteiger partial charge in [0.15, 0.2) is 6.10 Å². The van der Waals surface area contributed by atoms with E-state index in [2.05, 4.69) is 0 Å². The number of thiophene rings is 1. The fourth-order valence-corrected chi connectivity index (χ4v) is 4.12. The van der Waals surface area contributed by atoms with Crippen molar-refractivity contribution in [2.45, 2.75) is 46.3 Å². The maximum Gasteiger partial charge on any atom is 0.340 e. The normalized spacial score (nSPS) is 17.5. The van der Waals surface area contributed by atoms with E-state index in [4.69, 9.17) is 4.74 Å². The van der Waals surface area contributed by atoms with Gasteiger partial charge in [0.25, 0.3) is 5.91 Å². The van der Waals surface area contributed by atoms with Gasteiger partial charge in [-0.25, -0.2) is 4.79 Å². The molecule has 0 radical (unpaired) electrons. The van der Waals surface area contributed by atoms with E-state index in [1.54, 1.807) is 23.2 Å². The van der Waals surface area contributed by atoms with E-state index >= 15 is 0 Å². The van der Waals surface area contributed by atoms with Crippen molar-refractivity contribution >= 4 is 28.9 Å². The average Bonchev–Trinajstić information content (AvgIpc) is 3.04. The van der Waals surface area contributed by atoms with E-state index in [9.17, 15) is 9.59 Å². The highest BCUT2D eigenvalue weighted by molar-refractivity contribution is 7.12. The SMILES string of the molecule is Cc1cc(C(=O)O[C@@H](C)C(=O)N2c3ccccc3C[C@@H]2C)c(C)s1. The van der Waals surface area contributed by atoms with Gasteiger partial charge >= 0.3 is 5.97 Å². The van der Waals surface area contributed by atoms with E-state index in [-0.39, 0.29) is 11.9 Å². The number of ether oxygens (including phenoxy) is 1. The van der Waals surface area contributed by atoms with Crippen LogP contribution in [0.2, 0.25) is 0 Å². The molecule has 1 aliphatic rings. The van der Waals surface area contributed by atoms with Crippen LogP contribution in [0.1, 0.15) is 39.5 Å². The summed E-state index contributed by atoms with van der Waals surface area (Å²) in [5.74, 6) is -0.608. The van der Waals surface area contributed by atoms with Crippen LogP contribution in [-0.2, 0) is 16.0 Å². The summed E-state index contributed by atoms with van der Waals surface area (Å²) in [6, 6.07) is 9.76. The van der Waals surface area contributed by atoms with E-state index < -0.39 is 12.1 Å². The lowest BCUT2D eigenvalue weighted by atomic mass is 10.1. The van der Waals surface area contributed by atoms with Crippen LogP contribution in [0.3, 0.4) is 0 Å². The number of para-hydroxylation sites is 1. The minimum absolute atomic E-state index is 0.0705. The molecular formula is C19H21NO3S. The number of nitrogens with zero attached hydrogens (tertiary/aromatic N) is 1. The van der Waals surface area contributed by atoms with Crippen molar-refractivity contribution in [3.05, 3.63) is 51.2 Å². The van der Waals surface area contributed by atoms with Crippen molar-refractivity contribution in [1.82, 2.24) is 0 Å². The highest BCUT2D eigenvalue weighted by Gasteiger charge is 2.34. The van der Waals surface area contributed by atoms with Crippen molar-refractivity contribution in [2.75, 3.05) is 4.90 Å². The quantitative estimate of drug-likeness (QED) is 0.794. The summed E-state index contributed by atoms with van der Waals surface area (Å²) >= 11 is 1.55. The topological polar surface area (TPSA) is 46.6 Å². The molecule has 0 N–H and O–H groups in total. The fraction of sp³-hybridized carbons (Fsp3) is 0.368. The van der Waals surface area contributed by atoms with Crippen LogP contribution in [0.25, 0.3) is 0 Å². The number of carbonyl (C=O) groups is 2. The van der Waals surface area contributed by atoms with Gasteiger partial charge in [0.05, 0.1) is 5.56 Å². The third-order valence-corrected chi connectivity index (χ3v) is 5.30. The zero-order valence-electron chi connectivity index (χ0n) is 14.3. The number of anilines is 1. The summed E-state index contributed by atoms with van der Waals surface area (Å²) in [6.07, 6.45) is 0.0107. The molecule has 2 atom stereocenters. The van der Waals surface area contributed by atoms with Gasteiger partial charge in [-0.15, -0.1) is 11.3 Å². The maximum atomic E-state index is 12.8. The first-order valence-electron chi connectivity index (χ1n) is 8.07. The van der Waals surface area contributed by atoms with Gasteiger partial charge < -0.3 is 9.64 Å². The van der Waals surface area contributed by atoms with Gasteiger partial charge in [0.2, 0.25) is 0 Å². The molecule has 4 nitrogen and oxygen atoms in total. The van der Waals surface area contributed by atoms with Crippen LogP contribution in [-0.4, -0.2) is 24.0 Å². The second kappa shape index (κ2) is 6.40. The standard InChI is InChI=1S/C19H21NO3S/c1-11-9-15-7-5-6-8-17(15)20(11)18(21)13(3)23-19(22)16-10-12(2)24-14(16)4/h5-8,10-11,13H,9H2,1-4H3/t11-,13-/m0/s1. The molecule has 3 rings (SSSR count). The molecule has 0 bridgehead atoms. The summed E-state index contributed by atoms with van der Waals surface area (Å²) < 4.78 is 5.44. The molecule has 1 aliphatic heterocycles. The number of esters is 1. The van der Waals surface area contributed by atoms with Gasteiger partial charge in [-0.2, -0.15) is 0 Å². The molecule has 0 unspecified atom stereocenters. The third-order valence-electron chi connectivity index (χ3n) is 4.34. The minimum atomic E-state index is -0.814. The van der Waals surface area contributed by atoms with Crippen molar-refractivity contribution in [3.8, 4) is 0 Å². The minimum Gasteiger partial charge on any atom is -0.449 e. The van der Waals surface area contributed by atoms with Crippen molar-refractivity contribution in [2.24, 2.45) is 0 Å². The molecule has 5 heteroatoms. The molecule has 1 aromatic carbocycles. The average molecular weight is 343 g/mol. The molecule has 0 saturated carbocycles. The number of rotatable bonds is 3. The van der Waals surface area contributed by atoms with Crippen LogP contribution in [0.4, 0.5) is 5.69 Å². The van der Waals surface area contributed by atoms with E-state index in [0.29, 0.717) is 5.56 Å². The number of amides is 1. The lowest BCUT2D eigenvalue weighted by molar-refractivity contribution is -0.126. The van der Waals surface area contributed by atoms with Gasteiger partial charge in [-0.1, -0.05) is 18.2 Å². The molecule has 0 aliphatic carbocycles. The molecule has 0 fully saturated rings. The summed E-state index contributed by atoms with van der Waals surface area (Å²) in [7, 11) is 0. The number of hydrogen-bond donors (Lipinski definition) is 0. The first-order chi connectivity index (χ1) is 11.4. The predicted octanol–water partition coefficient (Wildman–Crippen LogP) is 3.89. The molecular weight excluding hydrogens is 322 g/mol. The molecule has 24 heavy (non-hydrogen) atoms. The molecule has 0 saturated heterocycles. The fourth-order valence-electron chi connectivity index (χ4n) is 3.21. The maximum absolute atomic E-state index is 12.8. The van der Waals surface area contributed by atoms with Crippen LogP contribution in [0.5, 0.6) is 0 Å². The summed E-state index contributed by atoms with van der Waals surface area (Å²) in [5, 5.41) is 0. The van der Waals surface area contributed by atoms with Crippen LogP contribution < -0.4 is 4.90 Å². The lowest BCUT2D eigenvalue weighted by Gasteiger charge is -2.25. The van der Waals surface area contributed by atoms with Crippen LogP contribution in [0.15, 0.2) is 30.3 Å². The van der Waals surface area contributed by atoms with Gasteiger partial charge in [0.1, 0.15) is 0 Å². The summed E-state index contributed by atoms with van der Waals surface area (Å²) in [4.78, 5) is 28.9. The first kappa shape index (κ1) is 16.7. The zero-order valence-corrected chi connectivity index (χ0v) is 15.1. The molecule has 126 valence electrons. The second-order valence-electron chi connectivity index (χ2n) is 6.26. The second-order valence-corrected chi connectivity index (χ2v) is 7.72. The number of carbonyl (C=O) groups excluding carboxylic acids is 2. The Kier molecular flexibility index (Phi) is 4.45. The Hall–Kier alpha value is -2.14. The Bertz CT molecular complexity index is 796. The largest absolute Gasteiger partial charge is 0.449 e. The van der Waals surface area contributed by atoms with Crippen molar-refractivity contribution in [3.63, 3.8) is 0 Å². The van der Waals surface area contributed by atoms with E-state index in [1.165, 1.54) is 0 Å². The van der Waals surface area contributed by atoms with E-state index in [1.807, 2.05) is 51.1 Å². The molecule has 1 aromatic heterocycles. The molecule has 1 amide bonds. The Balaban J connectivity index is 1.76. The third kappa shape index (κ3) is 2.96. The Labute approximate surface area is 146 Å². The zero-order chi connectivity index (χ0) is 17.4. The molecule has 0 spiro atoms. The molecule has 2 aromatic rings. The Morgan fingerprint density at radius 1 is 1.29 bits per heavy atom. The van der Waals surface area contributed by atoms with Gasteiger partial charge in [-0.3, -0.25) is 4.79 Å². The number of benzene rings is 1. The van der Waals surface area contributed by atoms with Crippen molar-refractivity contribution < 1.29 is 14.3 Å². The van der Waals surface area contributed by atoms with E-state index in [0.717, 1.165) is 27.4 Å². The highest BCUT2D eigenvalue weighted by atomic mass is 32.1. The van der Waals surface area contributed by atoms with Crippen LogP contribution in [0, 0.1) is 13.8 Å². The van der Waals surface area contributed by atoms with Gasteiger partial charge in [0, 0.05) is 21.5 Å². The smallest absolute Gasteiger partial charge is 0.340 e. The summed E-state index contributed by atoms with van der Waals surface area (Å²) in [5.41, 5.74) is 2.62. The predicted molar refractivity (Wildman–Crippen MR) is 95.8 cm³/mol. The van der Waals surface area contributed by atoms with Crippen molar-refractivity contribution in [1.29, 1.82) is 0 Å². The Morgan fingerprint density at radius 3 is 2.67 bits per heavy atom. The van der Waals surface area contributed by atoms with Crippen LogP contribution >= 0.6 is 11.3 Å². The summed E-state index contributed by atoms with van der Waals surface area (Å²) in [6.45, 7) is 7.49. The number of aryl methyl sites for hydroxylation is 2. The number of hydrogen-bond acceptors (Lipinski definition) is 4. The monoisotopic (exact) mass is 343 g/mol. The Morgan fingerprint density at radius 2 is 2.00 bits per heavy atom. The number of fused-ring (bicyclic) bond motifs is 1. The highest BCUT2D eigenvalue weighted by Crippen LogP contribution is 2.32.